The summed E-state index contributed by atoms with van der Waals surface area (Å²) in [6, 6.07) is 19.3. The molecule has 0 spiro atoms. The van der Waals surface area contributed by atoms with Gasteiger partial charge in [-0.05, 0) is 38.8 Å². The van der Waals surface area contributed by atoms with Crippen molar-refractivity contribution in [2.75, 3.05) is 0 Å². The van der Waals surface area contributed by atoms with Crippen LogP contribution in [0.3, 0.4) is 0 Å². The Morgan fingerprint density at radius 1 is 0.826 bits per heavy atom. The molecule has 112 valence electrons. The molecule has 0 aliphatic rings. The van der Waals surface area contributed by atoms with Crippen molar-refractivity contribution in [2.24, 2.45) is 0 Å². The summed E-state index contributed by atoms with van der Waals surface area (Å²) in [5.41, 5.74) is 1.41. The molecule has 3 aromatic carbocycles. The largest absolute Gasteiger partial charge is 0.455 e. The highest BCUT2D eigenvalue weighted by Gasteiger charge is 2.12. The molecule has 0 bridgehead atoms. The van der Waals surface area contributed by atoms with Crippen molar-refractivity contribution in [1.29, 1.82) is 0 Å². The van der Waals surface area contributed by atoms with Crippen LogP contribution in [0.15, 0.2) is 78.8 Å². The molecule has 0 N–H and O–H groups in total. The lowest BCUT2D eigenvalue weighted by Gasteiger charge is -2.08. The Balaban J connectivity index is 2.08. The summed E-state index contributed by atoms with van der Waals surface area (Å²) in [6.07, 6.45) is 0. The second-order valence-corrected chi connectivity index (χ2v) is 7.04. The lowest BCUT2D eigenvalue weighted by molar-refractivity contribution is 0.617. The quantitative estimate of drug-likeness (QED) is 0.363. The van der Waals surface area contributed by atoms with Gasteiger partial charge in [-0.1, -0.05) is 58.4 Å². The van der Waals surface area contributed by atoms with E-state index in [0.29, 0.717) is 16.7 Å². The fraction of sp³-hybridized carbons (Fsp3) is 0. The number of rotatable bonds is 1. The summed E-state index contributed by atoms with van der Waals surface area (Å²) in [7, 11) is 0. The third kappa shape index (κ3) is 2.52. The van der Waals surface area contributed by atoms with Crippen molar-refractivity contribution in [3.05, 3.63) is 79.8 Å². The molecule has 0 saturated heterocycles. The van der Waals surface area contributed by atoms with Gasteiger partial charge < -0.3 is 4.42 Å². The highest BCUT2D eigenvalue weighted by atomic mass is 79.9. The molecule has 0 unspecified atom stereocenters. The number of fused-ring (bicyclic) bond motifs is 2. The number of hydrogen-bond donors (Lipinski definition) is 0. The Labute approximate surface area is 149 Å². The molecule has 0 saturated carbocycles. The van der Waals surface area contributed by atoms with Gasteiger partial charge in [0.15, 0.2) is 11.0 Å². The highest BCUT2D eigenvalue weighted by molar-refractivity contribution is 9.11. The zero-order valence-corrected chi connectivity index (χ0v) is 15.0. The number of hydrogen-bond acceptors (Lipinski definition) is 2. The highest BCUT2D eigenvalue weighted by Crippen LogP contribution is 2.33. The molecule has 2 nitrogen and oxygen atoms in total. The molecule has 1 aromatic heterocycles. The zero-order valence-electron chi connectivity index (χ0n) is 11.8. The third-order valence-electron chi connectivity index (χ3n) is 3.80. The van der Waals surface area contributed by atoms with Crippen LogP contribution in [0.1, 0.15) is 0 Å². The zero-order chi connectivity index (χ0) is 16.0. The van der Waals surface area contributed by atoms with Gasteiger partial charge in [-0.2, -0.15) is 0 Å². The molecule has 0 aliphatic heterocycles. The monoisotopic (exact) mass is 428 g/mol. The smallest absolute Gasteiger partial charge is 0.193 e. The van der Waals surface area contributed by atoms with Crippen molar-refractivity contribution < 1.29 is 4.42 Å². The Bertz CT molecular complexity index is 1110. The molecular formula is C19H10Br2O2. The first-order chi connectivity index (χ1) is 11.1. The van der Waals surface area contributed by atoms with Crippen molar-refractivity contribution in [3.8, 4) is 11.3 Å². The summed E-state index contributed by atoms with van der Waals surface area (Å²) < 4.78 is 7.64. The Hall–Kier alpha value is -1.91. The molecule has 0 atom stereocenters. The van der Waals surface area contributed by atoms with E-state index in [9.17, 15) is 4.79 Å². The van der Waals surface area contributed by atoms with E-state index < -0.39 is 0 Å². The maximum Gasteiger partial charge on any atom is 0.193 e. The van der Waals surface area contributed by atoms with Crippen molar-refractivity contribution >= 4 is 53.6 Å². The minimum atomic E-state index is -0.0591. The summed E-state index contributed by atoms with van der Waals surface area (Å²) in [5.74, 6) is 0.572. The second kappa shape index (κ2) is 5.62. The maximum absolute atomic E-state index is 12.5. The van der Waals surface area contributed by atoms with E-state index in [-0.39, 0.29) is 5.43 Å². The van der Waals surface area contributed by atoms with E-state index >= 15 is 0 Å². The van der Waals surface area contributed by atoms with Crippen LogP contribution < -0.4 is 5.43 Å². The number of benzene rings is 3. The van der Waals surface area contributed by atoms with Crippen LogP contribution in [-0.4, -0.2) is 0 Å². The van der Waals surface area contributed by atoms with Crippen LogP contribution in [-0.2, 0) is 0 Å². The summed E-state index contributed by atoms with van der Waals surface area (Å²) in [6.45, 7) is 0. The second-order valence-electron chi connectivity index (χ2n) is 5.27. The molecule has 1 heterocycles. The van der Waals surface area contributed by atoms with Crippen LogP contribution in [0.4, 0.5) is 0 Å². The first-order valence-electron chi connectivity index (χ1n) is 7.04. The third-order valence-corrected chi connectivity index (χ3v) is 4.85. The van der Waals surface area contributed by atoms with E-state index in [1.807, 2.05) is 48.5 Å². The summed E-state index contributed by atoms with van der Waals surface area (Å²) in [4.78, 5) is 12.5. The van der Waals surface area contributed by atoms with Gasteiger partial charge in [0.25, 0.3) is 0 Å². The van der Waals surface area contributed by atoms with Crippen molar-refractivity contribution in [1.82, 2.24) is 0 Å². The minimum Gasteiger partial charge on any atom is -0.455 e. The topological polar surface area (TPSA) is 30.2 Å². The average molecular weight is 430 g/mol. The van der Waals surface area contributed by atoms with Crippen molar-refractivity contribution in [3.63, 3.8) is 0 Å². The van der Waals surface area contributed by atoms with E-state index in [1.54, 1.807) is 12.1 Å². The molecule has 0 amide bonds. The van der Waals surface area contributed by atoms with Crippen LogP contribution in [0, 0.1) is 0 Å². The standard InChI is InChI=1S/C19H10Br2O2/c20-12-8-15-17(22)10-18(23-19(15)16(21)9-12)14-7-3-5-11-4-1-2-6-13(11)14/h1-10H. The minimum absolute atomic E-state index is 0.0591. The lowest BCUT2D eigenvalue weighted by Crippen LogP contribution is -2.01. The van der Waals surface area contributed by atoms with E-state index in [1.165, 1.54) is 0 Å². The maximum atomic E-state index is 12.5. The molecule has 23 heavy (non-hydrogen) atoms. The summed E-state index contributed by atoms with van der Waals surface area (Å²) >= 11 is 6.88. The van der Waals surface area contributed by atoms with Gasteiger partial charge >= 0.3 is 0 Å². The van der Waals surface area contributed by atoms with Crippen molar-refractivity contribution in [2.45, 2.75) is 0 Å². The van der Waals surface area contributed by atoms with Crippen LogP contribution in [0.25, 0.3) is 33.1 Å². The Morgan fingerprint density at radius 3 is 2.48 bits per heavy atom. The van der Waals surface area contributed by atoms with Gasteiger partial charge in [0.05, 0.1) is 9.86 Å². The SMILES string of the molecule is O=c1cc(-c2cccc3ccccc23)oc2c(Br)cc(Br)cc12. The van der Waals surface area contributed by atoms with Gasteiger partial charge in [-0.3, -0.25) is 4.79 Å². The average Bonchev–Trinajstić information content (AvgIpc) is 2.55. The molecule has 4 rings (SSSR count). The predicted molar refractivity (Wildman–Crippen MR) is 101 cm³/mol. The lowest BCUT2D eigenvalue weighted by atomic mass is 10.0. The van der Waals surface area contributed by atoms with E-state index in [4.69, 9.17) is 4.42 Å². The van der Waals surface area contributed by atoms with Crippen LogP contribution >= 0.6 is 31.9 Å². The normalized spacial score (nSPS) is 11.2. The Kier molecular flexibility index (Phi) is 3.58. The Morgan fingerprint density at radius 2 is 1.61 bits per heavy atom. The molecule has 4 heteroatoms. The fourth-order valence-corrected chi connectivity index (χ4v) is 4.06. The van der Waals surface area contributed by atoms with Gasteiger partial charge in [-0.15, -0.1) is 0 Å². The van der Waals surface area contributed by atoms with Gasteiger partial charge in [0, 0.05) is 16.1 Å². The molecule has 0 radical (unpaired) electrons. The van der Waals surface area contributed by atoms with E-state index in [0.717, 1.165) is 25.3 Å². The summed E-state index contributed by atoms with van der Waals surface area (Å²) in [5, 5.41) is 2.73. The first kappa shape index (κ1) is 14.7. The van der Waals surface area contributed by atoms with Gasteiger partial charge in [0.2, 0.25) is 0 Å². The first-order valence-corrected chi connectivity index (χ1v) is 8.63. The number of halogens is 2. The molecule has 4 aromatic rings. The van der Waals surface area contributed by atoms with E-state index in [2.05, 4.69) is 31.9 Å². The molecule has 0 fully saturated rings. The van der Waals surface area contributed by atoms with Crippen LogP contribution in [0.5, 0.6) is 0 Å². The molecular weight excluding hydrogens is 420 g/mol. The molecule has 0 aliphatic carbocycles. The van der Waals surface area contributed by atoms with Gasteiger partial charge in [-0.25, -0.2) is 0 Å². The van der Waals surface area contributed by atoms with Crippen LogP contribution in [0.2, 0.25) is 0 Å². The van der Waals surface area contributed by atoms with Gasteiger partial charge in [0.1, 0.15) is 5.76 Å². The fourth-order valence-electron chi connectivity index (χ4n) is 2.76. The predicted octanol–water partition coefficient (Wildman–Crippen LogP) is 6.14.